The van der Waals surface area contributed by atoms with Crippen molar-refractivity contribution in [3.05, 3.63) is 58.9 Å². The summed E-state index contributed by atoms with van der Waals surface area (Å²) in [5.74, 6) is 0.340. The Bertz CT molecular complexity index is 1230. The number of nitrogens with zero attached hydrogens (tertiary/aromatic N) is 3. The summed E-state index contributed by atoms with van der Waals surface area (Å²) in [6, 6.07) is 10.1. The predicted octanol–water partition coefficient (Wildman–Crippen LogP) is 4.30. The highest BCUT2D eigenvalue weighted by Crippen LogP contribution is 2.36. The van der Waals surface area contributed by atoms with Crippen LogP contribution in [-0.4, -0.2) is 80.6 Å². The van der Waals surface area contributed by atoms with E-state index in [9.17, 15) is 12.8 Å². The van der Waals surface area contributed by atoms with Gasteiger partial charge in [0.2, 0.25) is 0 Å². The van der Waals surface area contributed by atoms with Gasteiger partial charge in [0.05, 0.1) is 13.2 Å². The normalized spacial score (nSPS) is 22.5. The van der Waals surface area contributed by atoms with Crippen LogP contribution in [0.15, 0.2) is 36.4 Å². The maximum Gasteiger partial charge on any atom is 0.282 e. The number of hydrogen-bond acceptors (Lipinski definition) is 6. The van der Waals surface area contributed by atoms with Gasteiger partial charge in [0.15, 0.2) is 0 Å². The van der Waals surface area contributed by atoms with Crippen LogP contribution in [0.25, 0.3) is 0 Å². The van der Waals surface area contributed by atoms with Gasteiger partial charge >= 0.3 is 0 Å². The molecule has 0 unspecified atom stereocenters. The standard InChI is InChI=1S/C28H38FN5O3S/c1-21-16-27(31-25-8-6-24(29)7-9-25)23(18-30)17-26(21)28-20-34(38(35,36)33-12-14-37-15-13-33)11-10-32(28)19-22-4-2-3-5-22/h6-9,16-18,22,28,30-31H,2-5,10-15,19-20H2,1H3/t28-/m1/s1. The zero-order valence-electron chi connectivity index (χ0n) is 22.0. The van der Waals surface area contributed by atoms with Gasteiger partial charge in [0.25, 0.3) is 10.2 Å². The number of halogens is 1. The second-order valence-electron chi connectivity index (χ2n) is 10.6. The van der Waals surface area contributed by atoms with Gasteiger partial charge < -0.3 is 15.5 Å². The molecule has 0 radical (unpaired) electrons. The first-order valence-corrected chi connectivity index (χ1v) is 15.0. The van der Waals surface area contributed by atoms with Gasteiger partial charge in [-0.05, 0) is 73.2 Å². The highest BCUT2D eigenvalue weighted by molar-refractivity contribution is 7.86. The molecule has 2 saturated heterocycles. The van der Waals surface area contributed by atoms with E-state index >= 15 is 0 Å². The molecule has 2 aliphatic heterocycles. The van der Waals surface area contributed by atoms with Gasteiger partial charge in [0.1, 0.15) is 5.82 Å². The Morgan fingerprint density at radius 2 is 1.76 bits per heavy atom. The van der Waals surface area contributed by atoms with Crippen molar-refractivity contribution < 1.29 is 17.5 Å². The van der Waals surface area contributed by atoms with Crippen LogP contribution < -0.4 is 5.32 Å². The Morgan fingerprint density at radius 1 is 1.05 bits per heavy atom. The fraction of sp³-hybridized carbons (Fsp3) is 0.536. The Hall–Kier alpha value is -2.37. The maximum absolute atomic E-state index is 13.6. The van der Waals surface area contributed by atoms with Gasteiger partial charge in [-0.3, -0.25) is 4.90 Å². The number of piperazine rings is 1. The highest BCUT2D eigenvalue weighted by atomic mass is 32.2. The number of nitrogens with one attached hydrogen (secondary N) is 2. The fourth-order valence-corrected chi connectivity index (χ4v) is 7.58. The lowest BCUT2D eigenvalue weighted by Gasteiger charge is -2.44. The summed E-state index contributed by atoms with van der Waals surface area (Å²) in [5.41, 5.74) is 4.30. The SMILES string of the molecule is Cc1cc(Nc2ccc(F)cc2)c(C=N)cc1[C@H]1CN(S(=O)(=O)N2CCOCC2)CCN1CC1CCCC1. The van der Waals surface area contributed by atoms with E-state index in [-0.39, 0.29) is 11.9 Å². The van der Waals surface area contributed by atoms with Gasteiger partial charge in [-0.15, -0.1) is 0 Å². The second kappa shape index (κ2) is 11.8. The molecular weight excluding hydrogens is 505 g/mol. The molecule has 2 aromatic carbocycles. The number of aryl methyl sites for hydroxylation is 1. The van der Waals surface area contributed by atoms with E-state index in [1.165, 1.54) is 44.0 Å². The van der Waals surface area contributed by atoms with E-state index in [0.717, 1.165) is 29.0 Å². The van der Waals surface area contributed by atoms with Crippen LogP contribution in [0, 0.1) is 24.1 Å². The van der Waals surface area contributed by atoms with E-state index < -0.39 is 10.2 Å². The Labute approximate surface area is 225 Å². The first-order chi connectivity index (χ1) is 18.3. The third-order valence-electron chi connectivity index (χ3n) is 8.12. The van der Waals surface area contributed by atoms with Gasteiger partial charge in [-0.25, -0.2) is 4.39 Å². The molecule has 1 atom stereocenters. The van der Waals surface area contributed by atoms with Crippen LogP contribution in [-0.2, 0) is 14.9 Å². The summed E-state index contributed by atoms with van der Waals surface area (Å²) < 4.78 is 49.1. The number of morpholine rings is 1. The van der Waals surface area contributed by atoms with Gasteiger partial charge in [-0.1, -0.05) is 12.8 Å². The summed E-state index contributed by atoms with van der Waals surface area (Å²) in [4.78, 5) is 2.46. The van der Waals surface area contributed by atoms with Crippen LogP contribution in [0.5, 0.6) is 0 Å². The molecule has 3 aliphatic rings. The van der Waals surface area contributed by atoms with E-state index in [0.29, 0.717) is 57.4 Å². The molecule has 0 aromatic heterocycles. The van der Waals surface area contributed by atoms with Crippen LogP contribution in [0.1, 0.15) is 48.4 Å². The molecule has 206 valence electrons. The minimum Gasteiger partial charge on any atom is -0.379 e. The summed E-state index contributed by atoms with van der Waals surface area (Å²) in [6.07, 6.45) is 6.30. The number of rotatable bonds is 8. The largest absolute Gasteiger partial charge is 0.379 e. The van der Waals surface area contributed by atoms with Crippen molar-refractivity contribution in [1.29, 1.82) is 5.41 Å². The molecule has 2 aromatic rings. The monoisotopic (exact) mass is 543 g/mol. The molecule has 3 fully saturated rings. The highest BCUT2D eigenvalue weighted by Gasteiger charge is 2.39. The molecule has 10 heteroatoms. The third-order valence-corrected chi connectivity index (χ3v) is 10.1. The Balaban J connectivity index is 1.45. The molecule has 38 heavy (non-hydrogen) atoms. The molecule has 0 bridgehead atoms. The van der Waals surface area contributed by atoms with E-state index in [1.807, 2.05) is 19.1 Å². The van der Waals surface area contributed by atoms with Crippen molar-refractivity contribution >= 4 is 27.8 Å². The molecule has 1 aliphatic carbocycles. The topological polar surface area (TPSA) is 89.0 Å². The fourth-order valence-electron chi connectivity index (χ4n) is 6.00. The molecular formula is C28H38FN5O3S. The van der Waals surface area contributed by atoms with Crippen LogP contribution in [0.4, 0.5) is 15.8 Å². The minimum absolute atomic E-state index is 0.0984. The van der Waals surface area contributed by atoms with E-state index in [4.69, 9.17) is 10.1 Å². The number of ether oxygens (including phenoxy) is 1. The van der Waals surface area contributed by atoms with Crippen LogP contribution >= 0.6 is 0 Å². The molecule has 2 heterocycles. The predicted molar refractivity (Wildman–Crippen MR) is 148 cm³/mol. The maximum atomic E-state index is 13.6. The molecule has 8 nitrogen and oxygen atoms in total. The second-order valence-corrected chi connectivity index (χ2v) is 12.5. The lowest BCUT2D eigenvalue weighted by Crippen LogP contribution is -2.56. The lowest BCUT2D eigenvalue weighted by atomic mass is 9.94. The van der Waals surface area contributed by atoms with Crippen molar-refractivity contribution in [2.24, 2.45) is 5.92 Å². The van der Waals surface area contributed by atoms with Crippen molar-refractivity contribution in [2.75, 3.05) is 57.8 Å². The van der Waals surface area contributed by atoms with Crippen molar-refractivity contribution in [3.8, 4) is 0 Å². The first kappa shape index (κ1) is 27.2. The smallest absolute Gasteiger partial charge is 0.282 e. The van der Waals surface area contributed by atoms with Crippen LogP contribution in [0.3, 0.4) is 0 Å². The Morgan fingerprint density at radius 3 is 2.45 bits per heavy atom. The Kier molecular flexibility index (Phi) is 8.44. The average molecular weight is 544 g/mol. The zero-order valence-corrected chi connectivity index (χ0v) is 22.9. The average Bonchev–Trinajstić information content (AvgIpc) is 3.44. The van der Waals surface area contributed by atoms with Crippen molar-refractivity contribution in [1.82, 2.24) is 13.5 Å². The van der Waals surface area contributed by atoms with Crippen molar-refractivity contribution in [3.63, 3.8) is 0 Å². The van der Waals surface area contributed by atoms with Gasteiger partial charge in [0, 0.05) is 68.5 Å². The quantitative estimate of drug-likeness (QED) is 0.485. The number of hydrogen-bond donors (Lipinski definition) is 2. The summed E-state index contributed by atoms with van der Waals surface area (Å²) in [5, 5.41) is 11.4. The van der Waals surface area contributed by atoms with E-state index in [1.54, 1.807) is 20.7 Å². The summed E-state index contributed by atoms with van der Waals surface area (Å²) in [6.45, 7) is 6.17. The minimum atomic E-state index is -3.59. The molecule has 5 rings (SSSR count). The first-order valence-electron chi connectivity index (χ1n) is 13.6. The van der Waals surface area contributed by atoms with Gasteiger partial charge in [-0.2, -0.15) is 17.0 Å². The molecule has 2 N–H and O–H groups in total. The van der Waals surface area contributed by atoms with Crippen LogP contribution in [0.2, 0.25) is 0 Å². The molecule has 1 saturated carbocycles. The zero-order chi connectivity index (χ0) is 26.7. The summed E-state index contributed by atoms with van der Waals surface area (Å²) >= 11 is 0. The molecule has 0 amide bonds. The lowest BCUT2D eigenvalue weighted by molar-refractivity contribution is 0.0631. The summed E-state index contributed by atoms with van der Waals surface area (Å²) in [7, 11) is -3.59. The van der Waals surface area contributed by atoms with E-state index in [2.05, 4.69) is 10.2 Å². The third kappa shape index (κ3) is 5.94. The molecule has 0 spiro atoms. The van der Waals surface area contributed by atoms with Crippen molar-refractivity contribution in [2.45, 2.75) is 38.6 Å². The number of anilines is 2. The number of benzene rings is 2.